The fourth-order valence-corrected chi connectivity index (χ4v) is 0.895. The van der Waals surface area contributed by atoms with Gasteiger partial charge in [0.15, 0.2) is 0 Å². The molecule has 0 radical (unpaired) electrons. The molecule has 1 amide bonds. The molecule has 0 atom stereocenters. The van der Waals surface area contributed by atoms with Crippen molar-refractivity contribution in [1.82, 2.24) is 0 Å². The van der Waals surface area contributed by atoms with Crippen LogP contribution < -0.4 is 0 Å². The average Bonchev–Trinajstić information content (AvgIpc) is 2.63. The molecular weight excluding hydrogens is 159 g/mol. The number of rotatable bonds is 1. The lowest BCUT2D eigenvalue weighted by atomic mass is 10.1. The van der Waals surface area contributed by atoms with E-state index in [-0.39, 0.29) is 12.8 Å². The third-order valence-electron chi connectivity index (χ3n) is 1.85. The monoisotopic (exact) mass is 165 g/mol. The fraction of sp³-hybridized carbons (Fsp3) is 0.667. The molecule has 0 spiro atoms. The average molecular weight is 165 g/mol. The van der Waals surface area contributed by atoms with Crippen LogP contribution in [-0.4, -0.2) is 18.8 Å². The van der Waals surface area contributed by atoms with Crippen molar-refractivity contribution in [3.8, 4) is 0 Å². The summed E-state index contributed by atoms with van der Waals surface area (Å²) < 4.78 is 36.1. The highest BCUT2D eigenvalue weighted by Crippen LogP contribution is 2.58. The third kappa shape index (κ3) is 1.04. The highest BCUT2D eigenvalue weighted by molar-refractivity contribution is 5.89. The first-order valence-electron chi connectivity index (χ1n) is 3.02. The minimum Gasteiger partial charge on any atom is -0.272 e. The SMILES string of the molecule is C=NC(=O)C1(C(F)(F)F)CC1. The number of hydrogen-bond acceptors (Lipinski definition) is 1. The van der Waals surface area contributed by atoms with Crippen LogP contribution in [0.4, 0.5) is 13.2 Å². The van der Waals surface area contributed by atoms with Gasteiger partial charge in [0.1, 0.15) is 5.41 Å². The second kappa shape index (κ2) is 2.06. The minimum absolute atomic E-state index is 0.144. The summed E-state index contributed by atoms with van der Waals surface area (Å²) in [5, 5.41) is 0. The molecule has 0 aromatic heterocycles. The molecule has 0 aliphatic heterocycles. The van der Waals surface area contributed by atoms with Crippen LogP contribution in [0.25, 0.3) is 0 Å². The zero-order valence-corrected chi connectivity index (χ0v) is 5.61. The van der Waals surface area contributed by atoms with Gasteiger partial charge in [-0.2, -0.15) is 13.2 Å². The zero-order chi connectivity index (χ0) is 8.70. The summed E-state index contributed by atoms with van der Waals surface area (Å²) >= 11 is 0. The van der Waals surface area contributed by atoms with Gasteiger partial charge in [0.2, 0.25) is 0 Å². The first-order valence-corrected chi connectivity index (χ1v) is 3.02. The third-order valence-corrected chi connectivity index (χ3v) is 1.85. The summed E-state index contributed by atoms with van der Waals surface area (Å²) in [6.07, 6.45) is -4.74. The smallest absolute Gasteiger partial charge is 0.272 e. The van der Waals surface area contributed by atoms with E-state index in [0.29, 0.717) is 0 Å². The van der Waals surface area contributed by atoms with Gasteiger partial charge in [-0.05, 0) is 19.6 Å². The van der Waals surface area contributed by atoms with Crippen molar-refractivity contribution in [3.05, 3.63) is 0 Å². The van der Waals surface area contributed by atoms with Crippen LogP contribution >= 0.6 is 0 Å². The molecular formula is C6H6F3NO. The number of nitrogens with zero attached hydrogens (tertiary/aromatic N) is 1. The van der Waals surface area contributed by atoms with Gasteiger partial charge in [-0.25, -0.2) is 4.99 Å². The van der Waals surface area contributed by atoms with Gasteiger partial charge in [-0.3, -0.25) is 4.79 Å². The molecule has 0 aromatic carbocycles. The zero-order valence-electron chi connectivity index (χ0n) is 5.61. The maximum absolute atomic E-state index is 12.0. The molecule has 0 saturated heterocycles. The van der Waals surface area contributed by atoms with Gasteiger partial charge >= 0.3 is 6.18 Å². The Morgan fingerprint density at radius 2 is 1.91 bits per heavy atom. The fourth-order valence-electron chi connectivity index (χ4n) is 0.895. The van der Waals surface area contributed by atoms with Gasteiger partial charge in [0.25, 0.3) is 5.91 Å². The summed E-state index contributed by atoms with van der Waals surface area (Å²) in [5.41, 5.74) is -2.17. The largest absolute Gasteiger partial charge is 0.403 e. The molecule has 62 valence electrons. The van der Waals surface area contributed by atoms with Crippen LogP contribution in [0.1, 0.15) is 12.8 Å². The summed E-state index contributed by atoms with van der Waals surface area (Å²) in [4.78, 5) is 13.4. The predicted octanol–water partition coefficient (Wildman–Crippen LogP) is 1.56. The number of carbonyl (C=O) groups excluding carboxylic acids is 1. The maximum atomic E-state index is 12.0. The van der Waals surface area contributed by atoms with Crippen molar-refractivity contribution in [2.45, 2.75) is 19.0 Å². The Balaban J connectivity index is 2.84. The molecule has 0 unspecified atom stereocenters. The van der Waals surface area contributed by atoms with E-state index in [9.17, 15) is 18.0 Å². The molecule has 1 saturated carbocycles. The molecule has 11 heavy (non-hydrogen) atoms. The second-order valence-corrected chi connectivity index (χ2v) is 2.54. The normalized spacial score (nSPS) is 21.0. The van der Waals surface area contributed by atoms with E-state index in [1.54, 1.807) is 0 Å². The van der Waals surface area contributed by atoms with E-state index in [1.165, 1.54) is 0 Å². The van der Waals surface area contributed by atoms with Crippen molar-refractivity contribution < 1.29 is 18.0 Å². The molecule has 1 rings (SSSR count). The van der Waals surface area contributed by atoms with E-state index in [2.05, 4.69) is 11.7 Å². The van der Waals surface area contributed by atoms with E-state index in [4.69, 9.17) is 0 Å². The van der Waals surface area contributed by atoms with Crippen LogP contribution in [0.3, 0.4) is 0 Å². The molecule has 0 N–H and O–H groups in total. The first-order chi connectivity index (χ1) is 4.94. The van der Waals surface area contributed by atoms with Crippen LogP contribution in [0.5, 0.6) is 0 Å². The van der Waals surface area contributed by atoms with E-state index in [0.717, 1.165) is 0 Å². The number of aliphatic imine (C=N–C) groups is 1. The summed E-state index contributed by atoms with van der Waals surface area (Å²) in [6, 6.07) is 0. The van der Waals surface area contributed by atoms with Gasteiger partial charge < -0.3 is 0 Å². The van der Waals surface area contributed by atoms with Gasteiger partial charge in [0.05, 0.1) is 0 Å². The Morgan fingerprint density at radius 1 is 1.45 bits per heavy atom. The van der Waals surface area contributed by atoms with Gasteiger partial charge in [-0.1, -0.05) is 0 Å². The number of hydrogen-bond donors (Lipinski definition) is 0. The molecule has 0 heterocycles. The molecule has 2 nitrogen and oxygen atoms in total. The first kappa shape index (κ1) is 8.23. The molecule has 1 aliphatic rings. The molecule has 5 heteroatoms. The Kier molecular flexibility index (Phi) is 1.54. The summed E-state index contributed by atoms with van der Waals surface area (Å²) in [5.74, 6) is -1.15. The van der Waals surface area contributed by atoms with Crippen LogP contribution in [0, 0.1) is 5.41 Å². The topological polar surface area (TPSA) is 29.4 Å². The Hall–Kier alpha value is -0.870. The standard InChI is InChI=1S/C6H6F3NO/c1-10-4(11)5(2-3-5)6(7,8)9/h1-3H2. The van der Waals surface area contributed by atoms with Gasteiger partial charge in [0, 0.05) is 0 Å². The van der Waals surface area contributed by atoms with E-state index in [1.807, 2.05) is 0 Å². The quantitative estimate of drug-likeness (QED) is 0.542. The minimum atomic E-state index is -4.45. The van der Waals surface area contributed by atoms with Crippen molar-refractivity contribution in [2.75, 3.05) is 0 Å². The molecule has 0 bridgehead atoms. The number of alkyl halides is 3. The van der Waals surface area contributed by atoms with Gasteiger partial charge in [-0.15, -0.1) is 0 Å². The molecule has 1 fully saturated rings. The lowest BCUT2D eigenvalue weighted by Crippen LogP contribution is -2.31. The van der Waals surface area contributed by atoms with Crippen LogP contribution in [-0.2, 0) is 4.79 Å². The molecule has 1 aliphatic carbocycles. The second-order valence-electron chi connectivity index (χ2n) is 2.54. The highest BCUT2D eigenvalue weighted by atomic mass is 19.4. The van der Waals surface area contributed by atoms with E-state index >= 15 is 0 Å². The number of amides is 1. The van der Waals surface area contributed by atoms with Crippen molar-refractivity contribution in [2.24, 2.45) is 10.4 Å². The number of carbonyl (C=O) groups is 1. The Labute approximate surface area is 61.1 Å². The highest BCUT2D eigenvalue weighted by Gasteiger charge is 2.68. The lowest BCUT2D eigenvalue weighted by Gasteiger charge is -2.14. The Morgan fingerprint density at radius 3 is 2.00 bits per heavy atom. The Bertz CT molecular complexity index is 204. The predicted molar refractivity (Wildman–Crippen MR) is 32.3 cm³/mol. The van der Waals surface area contributed by atoms with E-state index < -0.39 is 17.5 Å². The van der Waals surface area contributed by atoms with Crippen molar-refractivity contribution in [3.63, 3.8) is 0 Å². The van der Waals surface area contributed by atoms with Crippen LogP contribution in [0.2, 0.25) is 0 Å². The maximum Gasteiger partial charge on any atom is 0.403 e. The number of halogens is 3. The molecule has 0 aromatic rings. The lowest BCUT2D eigenvalue weighted by molar-refractivity contribution is -0.190. The van der Waals surface area contributed by atoms with Crippen molar-refractivity contribution in [1.29, 1.82) is 0 Å². The summed E-state index contributed by atoms with van der Waals surface area (Å²) in [7, 11) is 0. The van der Waals surface area contributed by atoms with Crippen molar-refractivity contribution >= 4 is 12.6 Å². The summed E-state index contributed by atoms with van der Waals surface area (Å²) in [6.45, 7) is 2.78. The van der Waals surface area contributed by atoms with Crippen LogP contribution in [0.15, 0.2) is 4.99 Å².